The Hall–Kier alpha value is -1.94. The van der Waals surface area contributed by atoms with Gasteiger partial charge in [0.25, 0.3) is 0 Å². The largest absolute Gasteiger partial charge is 0.457 e. The Morgan fingerprint density at radius 2 is 2.04 bits per heavy atom. The zero-order chi connectivity index (χ0) is 16.7. The van der Waals surface area contributed by atoms with Crippen molar-refractivity contribution in [2.75, 3.05) is 13.2 Å². The van der Waals surface area contributed by atoms with Crippen molar-refractivity contribution in [3.8, 4) is 17.6 Å². The molecule has 1 heterocycles. The maximum Gasteiger partial charge on any atom is 0.196 e. The second kappa shape index (κ2) is 5.85. The lowest BCUT2D eigenvalue weighted by Crippen LogP contribution is -2.23. The van der Waals surface area contributed by atoms with Gasteiger partial charge in [0.1, 0.15) is 17.3 Å². The number of alkyl halides is 1. The molecule has 4 nitrogen and oxygen atoms in total. The first-order valence-corrected chi connectivity index (χ1v) is 8.47. The Morgan fingerprint density at radius 3 is 2.79 bits per heavy atom. The lowest BCUT2D eigenvalue weighted by atomic mass is 10.1. The minimum Gasteiger partial charge on any atom is -0.457 e. The minimum atomic E-state index is -0.734. The third kappa shape index (κ3) is 2.49. The van der Waals surface area contributed by atoms with Crippen LogP contribution in [0.4, 0.5) is 4.39 Å². The highest BCUT2D eigenvalue weighted by molar-refractivity contribution is 9.09. The van der Waals surface area contributed by atoms with Crippen LogP contribution in [0.1, 0.15) is 27.9 Å². The monoisotopic (exact) mass is 389 g/mol. The van der Waals surface area contributed by atoms with Crippen LogP contribution in [0.25, 0.3) is 0 Å². The Balaban J connectivity index is 1.75. The topological polar surface area (TPSA) is 51.5 Å². The lowest BCUT2D eigenvalue weighted by Gasteiger charge is -2.22. The van der Waals surface area contributed by atoms with Crippen molar-refractivity contribution < 1.29 is 18.6 Å². The number of hydrogen-bond acceptors (Lipinski definition) is 4. The first-order chi connectivity index (χ1) is 11.6. The van der Waals surface area contributed by atoms with E-state index in [4.69, 9.17) is 19.5 Å². The zero-order valence-corrected chi connectivity index (χ0v) is 14.2. The molecule has 24 heavy (non-hydrogen) atoms. The number of benzene rings is 2. The first-order valence-electron chi connectivity index (χ1n) is 7.55. The fourth-order valence-corrected chi connectivity index (χ4v) is 4.18. The average Bonchev–Trinajstić information content (AvgIpc) is 3.13. The second-order valence-corrected chi connectivity index (χ2v) is 6.83. The van der Waals surface area contributed by atoms with Crippen LogP contribution in [0, 0.1) is 17.1 Å². The third-order valence-electron chi connectivity index (χ3n) is 4.22. The van der Waals surface area contributed by atoms with Gasteiger partial charge in [0.15, 0.2) is 5.79 Å². The van der Waals surface area contributed by atoms with Crippen LogP contribution in [0.15, 0.2) is 36.4 Å². The molecule has 2 aromatic carbocycles. The molecule has 1 saturated heterocycles. The molecule has 1 aliphatic heterocycles. The first kappa shape index (κ1) is 15.6. The van der Waals surface area contributed by atoms with E-state index in [9.17, 15) is 4.39 Å². The van der Waals surface area contributed by atoms with E-state index in [0.29, 0.717) is 25.4 Å². The van der Waals surface area contributed by atoms with Crippen molar-refractivity contribution in [1.82, 2.24) is 0 Å². The summed E-state index contributed by atoms with van der Waals surface area (Å²) in [5.74, 6) is -0.359. The van der Waals surface area contributed by atoms with Gasteiger partial charge in [-0.05, 0) is 18.2 Å². The molecular formula is C18H13BrFNO3. The highest BCUT2D eigenvalue weighted by Gasteiger charge is 2.49. The Kier molecular flexibility index (Phi) is 3.80. The summed E-state index contributed by atoms with van der Waals surface area (Å²) in [4.78, 5) is 0.00537. The number of nitrogens with zero attached hydrogens (tertiary/aromatic N) is 1. The number of hydrogen-bond donors (Lipinski definition) is 0. The number of fused-ring (bicyclic) bond motifs is 2. The lowest BCUT2D eigenvalue weighted by molar-refractivity contribution is -0.163. The smallest absolute Gasteiger partial charge is 0.196 e. The van der Waals surface area contributed by atoms with E-state index in [1.54, 1.807) is 0 Å². The predicted octanol–water partition coefficient (Wildman–Crippen LogP) is 4.53. The summed E-state index contributed by atoms with van der Waals surface area (Å²) in [5, 5.41) is 8.98. The van der Waals surface area contributed by atoms with E-state index in [1.165, 1.54) is 18.2 Å². The standard InChI is InChI=1S/C18H13BrFNO3/c19-15-9-18(22-4-5-23-18)14-2-1-3-16(17(14)15)24-13-7-11(10-21)6-12(20)8-13/h1-3,6-8,15H,4-5,9H2. The van der Waals surface area contributed by atoms with Crippen LogP contribution < -0.4 is 4.74 Å². The number of nitriles is 1. The van der Waals surface area contributed by atoms with E-state index in [0.717, 1.165) is 11.1 Å². The van der Waals surface area contributed by atoms with E-state index >= 15 is 0 Å². The van der Waals surface area contributed by atoms with Gasteiger partial charge >= 0.3 is 0 Å². The van der Waals surface area contributed by atoms with Gasteiger partial charge in [0.2, 0.25) is 0 Å². The van der Waals surface area contributed by atoms with Crippen molar-refractivity contribution in [2.24, 2.45) is 0 Å². The van der Waals surface area contributed by atoms with Crippen LogP contribution >= 0.6 is 15.9 Å². The van der Waals surface area contributed by atoms with Crippen LogP contribution in [0.2, 0.25) is 0 Å². The van der Waals surface area contributed by atoms with Crippen molar-refractivity contribution in [3.05, 3.63) is 58.9 Å². The van der Waals surface area contributed by atoms with Gasteiger partial charge in [-0.1, -0.05) is 28.1 Å². The van der Waals surface area contributed by atoms with Gasteiger partial charge < -0.3 is 14.2 Å². The normalized spacial score (nSPS) is 20.8. The van der Waals surface area contributed by atoms with Crippen molar-refractivity contribution in [3.63, 3.8) is 0 Å². The molecule has 2 aliphatic rings. The maximum atomic E-state index is 13.6. The fourth-order valence-electron chi connectivity index (χ4n) is 3.28. The summed E-state index contributed by atoms with van der Waals surface area (Å²) in [6.45, 7) is 1.11. The number of rotatable bonds is 2. The van der Waals surface area contributed by atoms with Crippen molar-refractivity contribution in [2.45, 2.75) is 17.0 Å². The molecule has 1 aliphatic carbocycles. The SMILES string of the molecule is N#Cc1cc(F)cc(Oc2cccc3c2C(Br)CC32OCCO2)c1. The van der Waals surface area contributed by atoms with Crippen LogP contribution in [-0.4, -0.2) is 13.2 Å². The highest BCUT2D eigenvalue weighted by Crippen LogP contribution is 2.55. The maximum absolute atomic E-state index is 13.6. The summed E-state index contributed by atoms with van der Waals surface area (Å²) in [6.07, 6.45) is 0.648. The molecule has 0 radical (unpaired) electrons. The van der Waals surface area contributed by atoms with Gasteiger partial charge in [0, 0.05) is 28.4 Å². The molecule has 0 saturated carbocycles. The van der Waals surface area contributed by atoms with E-state index in [1.807, 2.05) is 24.3 Å². The zero-order valence-electron chi connectivity index (χ0n) is 12.6. The molecule has 1 atom stereocenters. The Morgan fingerprint density at radius 1 is 1.25 bits per heavy atom. The molecule has 1 unspecified atom stereocenters. The van der Waals surface area contributed by atoms with E-state index in [2.05, 4.69) is 15.9 Å². The van der Waals surface area contributed by atoms with Crippen molar-refractivity contribution in [1.29, 1.82) is 5.26 Å². The summed E-state index contributed by atoms with van der Waals surface area (Å²) >= 11 is 3.66. The number of halogens is 2. The molecule has 0 aromatic heterocycles. The van der Waals surface area contributed by atoms with E-state index < -0.39 is 11.6 Å². The third-order valence-corrected chi connectivity index (χ3v) is 5.00. The summed E-state index contributed by atoms with van der Waals surface area (Å²) < 4.78 is 31.2. The van der Waals surface area contributed by atoms with E-state index in [-0.39, 0.29) is 16.1 Å². The summed E-state index contributed by atoms with van der Waals surface area (Å²) in [6, 6.07) is 11.5. The van der Waals surface area contributed by atoms with Crippen LogP contribution in [0.5, 0.6) is 11.5 Å². The van der Waals surface area contributed by atoms with Gasteiger partial charge in [-0.2, -0.15) is 5.26 Å². The molecule has 4 rings (SSSR count). The molecule has 2 aromatic rings. The number of ether oxygens (including phenoxy) is 3. The van der Waals surface area contributed by atoms with Crippen LogP contribution in [-0.2, 0) is 15.3 Å². The van der Waals surface area contributed by atoms with Gasteiger partial charge in [-0.3, -0.25) is 0 Å². The van der Waals surface area contributed by atoms with Gasteiger partial charge in [-0.25, -0.2) is 4.39 Å². The van der Waals surface area contributed by atoms with Crippen molar-refractivity contribution >= 4 is 15.9 Å². The second-order valence-electron chi connectivity index (χ2n) is 5.73. The molecule has 1 spiro atoms. The Labute approximate surface area is 146 Å². The summed E-state index contributed by atoms with van der Waals surface area (Å²) in [7, 11) is 0. The quantitative estimate of drug-likeness (QED) is 0.708. The molecule has 6 heteroatoms. The minimum absolute atomic E-state index is 0.00537. The molecule has 0 N–H and O–H groups in total. The van der Waals surface area contributed by atoms with Gasteiger partial charge in [-0.15, -0.1) is 0 Å². The molecular weight excluding hydrogens is 377 g/mol. The Bertz CT molecular complexity index is 843. The molecule has 0 bridgehead atoms. The summed E-state index contributed by atoms with van der Waals surface area (Å²) in [5.41, 5.74) is 2.07. The average molecular weight is 390 g/mol. The van der Waals surface area contributed by atoms with Crippen LogP contribution in [0.3, 0.4) is 0 Å². The molecule has 1 fully saturated rings. The predicted molar refractivity (Wildman–Crippen MR) is 87.5 cm³/mol. The highest BCUT2D eigenvalue weighted by atomic mass is 79.9. The molecule has 0 amide bonds. The van der Waals surface area contributed by atoms with Gasteiger partial charge in [0.05, 0.1) is 24.8 Å². The fraction of sp³-hybridized carbons (Fsp3) is 0.278. The molecule has 122 valence electrons.